The van der Waals surface area contributed by atoms with E-state index >= 15 is 0 Å². The van der Waals surface area contributed by atoms with Gasteiger partial charge in [-0.15, -0.1) is 0 Å². The van der Waals surface area contributed by atoms with Crippen molar-refractivity contribution >= 4 is 16.8 Å². The summed E-state index contributed by atoms with van der Waals surface area (Å²) in [6, 6.07) is 1.69. The second kappa shape index (κ2) is 8.58. The molecule has 2 aromatic heterocycles. The molecule has 1 amide bonds. The molecule has 0 aliphatic carbocycles. The first-order chi connectivity index (χ1) is 15.3. The summed E-state index contributed by atoms with van der Waals surface area (Å²) in [4.78, 5) is 45.3. The Morgan fingerprint density at radius 1 is 1.25 bits per heavy atom. The molecule has 1 aliphatic heterocycles. The van der Waals surface area contributed by atoms with Crippen molar-refractivity contribution in [1.29, 1.82) is 0 Å². The van der Waals surface area contributed by atoms with Gasteiger partial charge in [-0.2, -0.15) is 0 Å². The maximum absolute atomic E-state index is 14.1. The highest BCUT2D eigenvalue weighted by molar-refractivity contribution is 5.82. The van der Waals surface area contributed by atoms with Gasteiger partial charge in [-0.1, -0.05) is 0 Å². The molecule has 0 saturated carbocycles. The second-order valence-corrected chi connectivity index (χ2v) is 7.61. The fraction of sp³-hybridized carbons (Fsp3) is 0.333. The molecule has 3 atom stereocenters. The molecule has 0 unspecified atom stereocenters. The fourth-order valence-corrected chi connectivity index (χ4v) is 3.91. The van der Waals surface area contributed by atoms with Crippen LogP contribution in [0.2, 0.25) is 0 Å². The third-order valence-electron chi connectivity index (χ3n) is 5.45. The van der Waals surface area contributed by atoms with Crippen LogP contribution < -0.4 is 16.6 Å². The van der Waals surface area contributed by atoms with Gasteiger partial charge in [0, 0.05) is 18.6 Å². The maximum Gasteiger partial charge on any atom is 0.329 e. The van der Waals surface area contributed by atoms with E-state index in [2.05, 4.69) is 15.3 Å². The molecule has 3 aromatic rings. The Balaban J connectivity index is 1.76. The van der Waals surface area contributed by atoms with E-state index in [1.165, 1.54) is 13.0 Å². The van der Waals surface area contributed by atoms with E-state index in [-0.39, 0.29) is 23.2 Å². The van der Waals surface area contributed by atoms with Gasteiger partial charge in [-0.3, -0.25) is 14.6 Å². The van der Waals surface area contributed by atoms with Crippen molar-refractivity contribution in [2.75, 3.05) is 13.2 Å². The lowest BCUT2D eigenvalue weighted by Gasteiger charge is -2.25. The zero-order valence-corrected chi connectivity index (χ0v) is 16.9. The molecule has 1 aromatic carbocycles. The second-order valence-electron chi connectivity index (χ2n) is 7.61. The highest BCUT2D eigenvalue weighted by Crippen LogP contribution is 2.26. The van der Waals surface area contributed by atoms with Crippen molar-refractivity contribution in [2.24, 2.45) is 5.92 Å². The zero-order valence-electron chi connectivity index (χ0n) is 16.9. The quantitative estimate of drug-likeness (QED) is 0.621. The van der Waals surface area contributed by atoms with Gasteiger partial charge in [0.05, 0.1) is 35.4 Å². The SMILES string of the molecule is C[C@@H](NC(=O)[C@@H]([C@H]1CCOC1)n1c(=O)[nH]c2ccc(F)cc2c1=O)c1ncc(F)cc1F. The molecule has 11 heteroatoms. The topological polar surface area (TPSA) is 106 Å². The standard InChI is InChI=1S/C21H19F3N4O4/c1-10(17-15(24)7-13(23)8-25-17)26-19(29)18(11-4-5-32-9-11)28-20(30)14-6-12(22)2-3-16(14)27-21(28)31/h2-3,6-8,10-11,18H,4-5,9H2,1H3,(H,26,29)(H,27,31)/t10-,11+,18-/m1/s1. The van der Waals surface area contributed by atoms with E-state index in [0.29, 0.717) is 19.1 Å². The first-order valence-corrected chi connectivity index (χ1v) is 9.89. The summed E-state index contributed by atoms with van der Waals surface area (Å²) in [6.07, 6.45) is 1.21. The minimum Gasteiger partial charge on any atom is -0.381 e. The first-order valence-electron chi connectivity index (χ1n) is 9.89. The Morgan fingerprint density at radius 3 is 2.72 bits per heavy atom. The number of aromatic amines is 1. The molecule has 4 rings (SSSR count). The summed E-state index contributed by atoms with van der Waals surface area (Å²) in [7, 11) is 0. The van der Waals surface area contributed by atoms with Crippen LogP contribution in [-0.2, 0) is 9.53 Å². The van der Waals surface area contributed by atoms with Crippen LogP contribution in [0.3, 0.4) is 0 Å². The zero-order chi connectivity index (χ0) is 23.0. The van der Waals surface area contributed by atoms with Gasteiger partial charge in [0.2, 0.25) is 5.91 Å². The third kappa shape index (κ3) is 4.03. The lowest BCUT2D eigenvalue weighted by atomic mass is 9.97. The van der Waals surface area contributed by atoms with Gasteiger partial charge in [-0.25, -0.2) is 22.5 Å². The van der Waals surface area contributed by atoms with E-state index < -0.39 is 52.6 Å². The van der Waals surface area contributed by atoms with Gasteiger partial charge in [0.1, 0.15) is 23.5 Å². The molecule has 8 nitrogen and oxygen atoms in total. The third-order valence-corrected chi connectivity index (χ3v) is 5.45. The number of carbonyl (C=O) groups is 1. The smallest absolute Gasteiger partial charge is 0.329 e. The molecule has 168 valence electrons. The van der Waals surface area contributed by atoms with E-state index in [4.69, 9.17) is 4.74 Å². The highest BCUT2D eigenvalue weighted by atomic mass is 19.1. The van der Waals surface area contributed by atoms with Crippen LogP contribution in [0.25, 0.3) is 10.9 Å². The minimum absolute atomic E-state index is 0.0967. The fourth-order valence-electron chi connectivity index (χ4n) is 3.91. The summed E-state index contributed by atoms with van der Waals surface area (Å²) in [5.74, 6) is -3.77. The number of benzene rings is 1. The molecule has 0 bridgehead atoms. The lowest BCUT2D eigenvalue weighted by molar-refractivity contribution is -0.126. The molecule has 1 saturated heterocycles. The monoisotopic (exact) mass is 448 g/mol. The predicted molar refractivity (Wildman–Crippen MR) is 107 cm³/mol. The summed E-state index contributed by atoms with van der Waals surface area (Å²) < 4.78 is 47.1. The predicted octanol–water partition coefficient (Wildman–Crippen LogP) is 1.96. The number of hydrogen-bond donors (Lipinski definition) is 2. The van der Waals surface area contributed by atoms with Crippen molar-refractivity contribution in [3.63, 3.8) is 0 Å². The van der Waals surface area contributed by atoms with Gasteiger partial charge in [-0.05, 0) is 31.5 Å². The largest absolute Gasteiger partial charge is 0.381 e. The average molecular weight is 448 g/mol. The number of aromatic nitrogens is 3. The van der Waals surface area contributed by atoms with Crippen molar-refractivity contribution in [1.82, 2.24) is 19.9 Å². The molecule has 3 heterocycles. The minimum atomic E-state index is -1.30. The number of H-pyrrole nitrogens is 1. The number of ether oxygens (including phenoxy) is 1. The van der Waals surface area contributed by atoms with Crippen LogP contribution in [0.15, 0.2) is 40.1 Å². The number of fused-ring (bicyclic) bond motifs is 1. The Labute approximate surface area is 179 Å². The summed E-state index contributed by atoms with van der Waals surface area (Å²) in [6.45, 7) is 1.88. The van der Waals surface area contributed by atoms with E-state index in [0.717, 1.165) is 22.9 Å². The Kier molecular flexibility index (Phi) is 5.83. The number of amides is 1. The van der Waals surface area contributed by atoms with E-state index in [9.17, 15) is 27.6 Å². The van der Waals surface area contributed by atoms with Crippen LogP contribution in [0.4, 0.5) is 13.2 Å². The lowest BCUT2D eigenvalue weighted by Crippen LogP contribution is -2.48. The average Bonchev–Trinajstić information content (AvgIpc) is 3.25. The van der Waals surface area contributed by atoms with Gasteiger partial charge in [0.15, 0.2) is 0 Å². The number of nitrogens with zero attached hydrogens (tertiary/aromatic N) is 2. The number of halogens is 3. The van der Waals surface area contributed by atoms with E-state index in [1.807, 2.05) is 0 Å². The van der Waals surface area contributed by atoms with Gasteiger partial charge >= 0.3 is 5.69 Å². The van der Waals surface area contributed by atoms with Crippen LogP contribution in [0.1, 0.15) is 31.1 Å². The highest BCUT2D eigenvalue weighted by Gasteiger charge is 2.36. The maximum atomic E-state index is 14.1. The van der Waals surface area contributed by atoms with E-state index in [1.54, 1.807) is 0 Å². The van der Waals surface area contributed by atoms with Crippen LogP contribution in [0.5, 0.6) is 0 Å². The summed E-state index contributed by atoms with van der Waals surface area (Å²) >= 11 is 0. The van der Waals surface area contributed by atoms with Crippen LogP contribution in [-0.4, -0.2) is 33.7 Å². The molecule has 1 fully saturated rings. The first kappa shape index (κ1) is 21.8. The normalized spacial score (nSPS) is 17.9. The number of carbonyl (C=O) groups excluding carboxylic acids is 1. The summed E-state index contributed by atoms with van der Waals surface area (Å²) in [5.41, 5.74) is -1.76. The molecule has 1 aliphatic rings. The van der Waals surface area contributed by atoms with Crippen LogP contribution >= 0.6 is 0 Å². The Bertz CT molecular complexity index is 1300. The van der Waals surface area contributed by atoms with Crippen molar-refractivity contribution < 1.29 is 22.7 Å². The molecule has 32 heavy (non-hydrogen) atoms. The molecule has 2 N–H and O–H groups in total. The summed E-state index contributed by atoms with van der Waals surface area (Å²) in [5, 5.41) is 2.44. The van der Waals surface area contributed by atoms with Gasteiger partial charge in [0.25, 0.3) is 5.56 Å². The Hall–Kier alpha value is -3.47. The number of nitrogens with one attached hydrogen (secondary N) is 2. The molecule has 0 spiro atoms. The van der Waals surface area contributed by atoms with Crippen LogP contribution in [0, 0.1) is 23.4 Å². The number of pyridine rings is 1. The number of rotatable bonds is 5. The molecular formula is C21H19F3N4O4. The molecule has 0 radical (unpaired) electrons. The van der Waals surface area contributed by atoms with Crippen molar-refractivity contribution in [3.05, 3.63) is 74.4 Å². The Morgan fingerprint density at radius 2 is 2.03 bits per heavy atom. The van der Waals surface area contributed by atoms with Crippen molar-refractivity contribution in [2.45, 2.75) is 25.4 Å². The van der Waals surface area contributed by atoms with Crippen molar-refractivity contribution in [3.8, 4) is 0 Å². The van der Waals surface area contributed by atoms with Gasteiger partial charge < -0.3 is 15.0 Å². The molecular weight excluding hydrogens is 429 g/mol. The number of hydrogen-bond acceptors (Lipinski definition) is 5.